The number of benzene rings is 1. The zero-order valence-corrected chi connectivity index (χ0v) is 10.9. The molecule has 1 fully saturated rings. The second kappa shape index (κ2) is 5.93. The van der Waals surface area contributed by atoms with Crippen LogP contribution >= 0.6 is 0 Å². The van der Waals surface area contributed by atoms with E-state index in [-0.39, 0.29) is 23.5 Å². The smallest absolute Gasteiger partial charge is 0.221 e. The van der Waals surface area contributed by atoms with E-state index in [0.29, 0.717) is 31.6 Å². The zero-order valence-electron chi connectivity index (χ0n) is 10.9. The normalized spacial score (nSPS) is 18.5. The van der Waals surface area contributed by atoms with Crippen molar-refractivity contribution in [2.45, 2.75) is 19.4 Å². The molecule has 1 amide bonds. The molecule has 1 atom stereocenters. The Morgan fingerprint density at radius 2 is 2.00 bits per heavy atom. The van der Waals surface area contributed by atoms with Crippen LogP contribution in [0.15, 0.2) is 24.3 Å². The second-order valence-corrected chi connectivity index (χ2v) is 4.68. The van der Waals surface area contributed by atoms with E-state index >= 15 is 0 Å². The highest BCUT2D eigenvalue weighted by Crippen LogP contribution is 2.11. The molecule has 0 spiro atoms. The van der Waals surface area contributed by atoms with Crippen LogP contribution in [-0.2, 0) is 4.79 Å². The molecule has 0 aromatic heterocycles. The topological polar surface area (TPSA) is 49.4 Å². The van der Waals surface area contributed by atoms with Gasteiger partial charge in [-0.2, -0.15) is 0 Å². The summed E-state index contributed by atoms with van der Waals surface area (Å²) >= 11 is 0. The maximum Gasteiger partial charge on any atom is 0.221 e. The standard InChI is InChI=1S/C14H17FN2O2/c1-10(17-8-6-13(18)16-7-9-17)14(19)11-2-4-12(15)5-3-11/h2-5,10H,6-9H2,1H3,(H,16,18). The molecule has 1 aromatic carbocycles. The van der Waals surface area contributed by atoms with Crippen molar-refractivity contribution < 1.29 is 14.0 Å². The summed E-state index contributed by atoms with van der Waals surface area (Å²) in [6.07, 6.45) is 0.404. The lowest BCUT2D eigenvalue weighted by Crippen LogP contribution is -2.41. The molecular weight excluding hydrogens is 247 g/mol. The lowest BCUT2D eigenvalue weighted by molar-refractivity contribution is -0.120. The molecule has 1 N–H and O–H groups in total. The van der Waals surface area contributed by atoms with Crippen molar-refractivity contribution in [2.75, 3.05) is 19.6 Å². The number of carbonyl (C=O) groups is 2. The van der Waals surface area contributed by atoms with Gasteiger partial charge in [0.25, 0.3) is 0 Å². The number of nitrogens with one attached hydrogen (secondary N) is 1. The molecule has 19 heavy (non-hydrogen) atoms. The van der Waals surface area contributed by atoms with Crippen molar-refractivity contribution in [1.29, 1.82) is 0 Å². The minimum atomic E-state index is -0.353. The minimum absolute atomic E-state index is 0.0175. The minimum Gasteiger partial charge on any atom is -0.355 e. The van der Waals surface area contributed by atoms with E-state index in [2.05, 4.69) is 5.32 Å². The van der Waals surface area contributed by atoms with E-state index in [1.165, 1.54) is 24.3 Å². The SMILES string of the molecule is CC(C(=O)c1ccc(F)cc1)N1CCNC(=O)CC1. The monoisotopic (exact) mass is 264 g/mol. The van der Waals surface area contributed by atoms with Gasteiger partial charge < -0.3 is 5.32 Å². The average molecular weight is 264 g/mol. The number of Topliss-reactive ketones (excluding diaryl/α,β-unsaturated/α-hetero) is 1. The van der Waals surface area contributed by atoms with Gasteiger partial charge in [-0.25, -0.2) is 4.39 Å². The molecule has 1 heterocycles. The second-order valence-electron chi connectivity index (χ2n) is 4.68. The number of hydrogen-bond acceptors (Lipinski definition) is 3. The Balaban J connectivity index is 2.05. The average Bonchev–Trinajstić information content (AvgIpc) is 2.63. The van der Waals surface area contributed by atoms with Crippen LogP contribution in [0.2, 0.25) is 0 Å². The zero-order chi connectivity index (χ0) is 13.8. The van der Waals surface area contributed by atoms with Crippen LogP contribution in [0.4, 0.5) is 4.39 Å². The fraction of sp³-hybridized carbons (Fsp3) is 0.429. The first-order chi connectivity index (χ1) is 9.08. The van der Waals surface area contributed by atoms with Gasteiger partial charge in [0.15, 0.2) is 5.78 Å². The predicted octanol–water partition coefficient (Wildman–Crippen LogP) is 1.22. The summed E-state index contributed by atoms with van der Waals surface area (Å²) in [6, 6.07) is 5.25. The summed E-state index contributed by atoms with van der Waals surface area (Å²) in [7, 11) is 0. The summed E-state index contributed by atoms with van der Waals surface area (Å²) in [5.74, 6) is -0.382. The number of ketones is 1. The molecule has 0 aliphatic carbocycles. The van der Waals surface area contributed by atoms with Crippen LogP contribution in [0.3, 0.4) is 0 Å². The number of nitrogens with zero attached hydrogens (tertiary/aromatic N) is 1. The lowest BCUT2D eigenvalue weighted by Gasteiger charge is -2.25. The number of amides is 1. The highest BCUT2D eigenvalue weighted by atomic mass is 19.1. The van der Waals surface area contributed by atoms with Crippen molar-refractivity contribution in [1.82, 2.24) is 10.2 Å². The molecule has 0 radical (unpaired) electrons. The predicted molar refractivity (Wildman–Crippen MR) is 69.4 cm³/mol. The molecule has 1 saturated heterocycles. The molecule has 5 heteroatoms. The number of rotatable bonds is 3. The molecule has 1 aliphatic rings. The number of hydrogen-bond donors (Lipinski definition) is 1. The van der Waals surface area contributed by atoms with E-state index in [1.807, 2.05) is 11.8 Å². The van der Waals surface area contributed by atoms with Crippen molar-refractivity contribution in [3.8, 4) is 0 Å². The lowest BCUT2D eigenvalue weighted by atomic mass is 10.0. The summed E-state index contributed by atoms with van der Waals surface area (Å²) in [4.78, 5) is 25.5. The molecule has 1 unspecified atom stereocenters. The van der Waals surface area contributed by atoms with Crippen molar-refractivity contribution >= 4 is 11.7 Å². The van der Waals surface area contributed by atoms with Crippen molar-refractivity contribution in [3.05, 3.63) is 35.6 Å². The Bertz CT molecular complexity index is 473. The van der Waals surface area contributed by atoms with Crippen LogP contribution in [0.25, 0.3) is 0 Å². The Kier molecular flexibility index (Phi) is 4.27. The van der Waals surface area contributed by atoms with Gasteiger partial charge in [0.1, 0.15) is 5.82 Å². The van der Waals surface area contributed by atoms with Crippen LogP contribution in [0.5, 0.6) is 0 Å². The van der Waals surface area contributed by atoms with Crippen LogP contribution < -0.4 is 5.32 Å². The summed E-state index contributed by atoms with van der Waals surface area (Å²) in [5.41, 5.74) is 0.498. The van der Waals surface area contributed by atoms with E-state index in [0.717, 1.165) is 0 Å². The van der Waals surface area contributed by atoms with Crippen molar-refractivity contribution in [2.24, 2.45) is 0 Å². The molecule has 2 rings (SSSR count). The molecule has 4 nitrogen and oxygen atoms in total. The maximum atomic E-state index is 12.8. The van der Waals surface area contributed by atoms with Gasteiger partial charge in [0, 0.05) is 31.6 Å². The molecule has 1 aromatic rings. The van der Waals surface area contributed by atoms with Gasteiger partial charge in [0.05, 0.1) is 6.04 Å². The first kappa shape index (κ1) is 13.7. The Morgan fingerprint density at radius 3 is 2.68 bits per heavy atom. The van der Waals surface area contributed by atoms with Gasteiger partial charge in [-0.15, -0.1) is 0 Å². The summed E-state index contributed by atoms with van der Waals surface area (Å²) in [5, 5.41) is 2.77. The molecule has 102 valence electrons. The van der Waals surface area contributed by atoms with Crippen molar-refractivity contribution in [3.63, 3.8) is 0 Å². The van der Waals surface area contributed by atoms with E-state index < -0.39 is 0 Å². The molecule has 0 bridgehead atoms. The van der Waals surface area contributed by atoms with Gasteiger partial charge in [-0.05, 0) is 31.2 Å². The summed E-state index contributed by atoms with van der Waals surface area (Å²) in [6.45, 7) is 3.60. The van der Waals surface area contributed by atoms with Gasteiger partial charge in [-0.3, -0.25) is 14.5 Å². The fourth-order valence-electron chi connectivity index (χ4n) is 2.19. The van der Waals surface area contributed by atoms with Crippen LogP contribution in [-0.4, -0.2) is 42.3 Å². The Labute approximate surface area is 111 Å². The highest BCUT2D eigenvalue weighted by molar-refractivity contribution is 5.99. The fourth-order valence-corrected chi connectivity index (χ4v) is 2.19. The van der Waals surface area contributed by atoms with Gasteiger partial charge in [0.2, 0.25) is 5.91 Å². The van der Waals surface area contributed by atoms with E-state index in [9.17, 15) is 14.0 Å². The first-order valence-electron chi connectivity index (χ1n) is 6.38. The Hall–Kier alpha value is -1.75. The van der Waals surface area contributed by atoms with Gasteiger partial charge in [-0.1, -0.05) is 0 Å². The number of halogens is 1. The Morgan fingerprint density at radius 1 is 1.32 bits per heavy atom. The molecule has 0 saturated carbocycles. The number of carbonyl (C=O) groups excluding carboxylic acids is 2. The van der Waals surface area contributed by atoms with Crippen LogP contribution in [0.1, 0.15) is 23.7 Å². The summed E-state index contributed by atoms with van der Waals surface area (Å²) < 4.78 is 12.8. The third-order valence-corrected chi connectivity index (χ3v) is 3.40. The van der Waals surface area contributed by atoms with E-state index in [4.69, 9.17) is 0 Å². The third-order valence-electron chi connectivity index (χ3n) is 3.40. The molecular formula is C14H17FN2O2. The van der Waals surface area contributed by atoms with Gasteiger partial charge >= 0.3 is 0 Å². The first-order valence-corrected chi connectivity index (χ1v) is 6.38. The molecule has 1 aliphatic heterocycles. The maximum absolute atomic E-state index is 12.8. The van der Waals surface area contributed by atoms with Crippen LogP contribution in [0, 0.1) is 5.82 Å². The van der Waals surface area contributed by atoms with E-state index in [1.54, 1.807) is 0 Å². The third kappa shape index (κ3) is 3.38. The quantitative estimate of drug-likeness (QED) is 0.835. The highest BCUT2D eigenvalue weighted by Gasteiger charge is 2.24. The largest absolute Gasteiger partial charge is 0.355 e.